The standard InChI is InChI=1S/C19H35N3O/c1-3-17(23-18-5-9-20-10-6-18)4-2-16(1)13-22-12-8-19(15-22)7-11-21-14-19/h16-18,20-21H,1-15H2. The summed E-state index contributed by atoms with van der Waals surface area (Å²) in [6, 6.07) is 0. The van der Waals surface area contributed by atoms with E-state index in [1.165, 1.54) is 84.1 Å². The molecule has 1 spiro atoms. The van der Waals surface area contributed by atoms with Crippen LogP contribution in [0.2, 0.25) is 0 Å². The zero-order valence-electron chi connectivity index (χ0n) is 14.7. The van der Waals surface area contributed by atoms with E-state index in [9.17, 15) is 0 Å². The number of ether oxygens (including phenoxy) is 1. The van der Waals surface area contributed by atoms with Gasteiger partial charge in [-0.2, -0.15) is 0 Å². The van der Waals surface area contributed by atoms with Gasteiger partial charge in [0.25, 0.3) is 0 Å². The third kappa shape index (κ3) is 4.09. The van der Waals surface area contributed by atoms with E-state index in [2.05, 4.69) is 15.5 Å². The molecule has 1 saturated carbocycles. The fraction of sp³-hybridized carbons (Fsp3) is 1.00. The molecule has 4 nitrogen and oxygen atoms in total. The molecule has 3 heterocycles. The zero-order chi connectivity index (χ0) is 15.5. The molecule has 4 fully saturated rings. The Labute approximate surface area is 141 Å². The first-order valence-electron chi connectivity index (χ1n) is 10.1. The second kappa shape index (κ2) is 7.38. The molecule has 1 aliphatic carbocycles. The third-order valence-corrected chi connectivity index (χ3v) is 6.83. The number of nitrogens with one attached hydrogen (secondary N) is 2. The molecule has 4 rings (SSSR count). The van der Waals surface area contributed by atoms with Gasteiger partial charge in [0.15, 0.2) is 0 Å². The lowest BCUT2D eigenvalue weighted by Crippen LogP contribution is -2.37. The summed E-state index contributed by atoms with van der Waals surface area (Å²) in [5, 5.41) is 7.01. The van der Waals surface area contributed by atoms with E-state index >= 15 is 0 Å². The molecule has 3 aliphatic heterocycles. The summed E-state index contributed by atoms with van der Waals surface area (Å²) in [6.07, 6.45) is 11.7. The molecule has 0 amide bonds. The zero-order valence-corrected chi connectivity index (χ0v) is 14.7. The molecule has 1 unspecified atom stereocenters. The summed E-state index contributed by atoms with van der Waals surface area (Å²) in [6.45, 7) is 8.84. The molecule has 0 aromatic heterocycles. The van der Waals surface area contributed by atoms with Crippen LogP contribution in [-0.2, 0) is 4.74 Å². The lowest BCUT2D eigenvalue weighted by molar-refractivity contribution is -0.0494. The van der Waals surface area contributed by atoms with E-state index in [0.717, 1.165) is 19.0 Å². The number of hydrogen-bond acceptors (Lipinski definition) is 4. The predicted molar refractivity (Wildman–Crippen MR) is 93.7 cm³/mol. The minimum atomic E-state index is 0.533. The quantitative estimate of drug-likeness (QED) is 0.830. The molecule has 4 heteroatoms. The van der Waals surface area contributed by atoms with Crippen LogP contribution in [0.15, 0.2) is 0 Å². The van der Waals surface area contributed by atoms with Crippen molar-refractivity contribution in [3.63, 3.8) is 0 Å². The van der Waals surface area contributed by atoms with Crippen molar-refractivity contribution in [1.29, 1.82) is 0 Å². The minimum absolute atomic E-state index is 0.533. The second-order valence-electron chi connectivity index (χ2n) is 8.64. The molecule has 0 radical (unpaired) electrons. The molecule has 3 saturated heterocycles. The molecule has 4 aliphatic rings. The number of piperidine rings is 1. The van der Waals surface area contributed by atoms with Crippen LogP contribution in [0.1, 0.15) is 51.4 Å². The molecule has 1 atom stereocenters. The Morgan fingerprint density at radius 1 is 0.870 bits per heavy atom. The molecule has 2 N–H and O–H groups in total. The summed E-state index contributed by atoms with van der Waals surface area (Å²) in [7, 11) is 0. The van der Waals surface area contributed by atoms with E-state index in [1.807, 2.05) is 0 Å². The van der Waals surface area contributed by atoms with Crippen LogP contribution in [0.3, 0.4) is 0 Å². The average molecular weight is 322 g/mol. The SMILES string of the molecule is C1CC(OC2CCC(CN3CCC4(CCNC4)C3)CC2)CCN1. The third-order valence-electron chi connectivity index (χ3n) is 6.83. The summed E-state index contributed by atoms with van der Waals surface area (Å²) >= 11 is 0. The van der Waals surface area contributed by atoms with Crippen molar-refractivity contribution in [3.05, 3.63) is 0 Å². The average Bonchev–Trinajstić information content (AvgIpc) is 3.21. The summed E-state index contributed by atoms with van der Waals surface area (Å²) in [4.78, 5) is 2.77. The van der Waals surface area contributed by atoms with E-state index in [1.54, 1.807) is 0 Å². The summed E-state index contributed by atoms with van der Waals surface area (Å²) in [5.41, 5.74) is 0.634. The van der Waals surface area contributed by atoms with Crippen LogP contribution in [0.25, 0.3) is 0 Å². The van der Waals surface area contributed by atoms with Crippen LogP contribution < -0.4 is 10.6 Å². The number of likely N-dealkylation sites (tertiary alicyclic amines) is 1. The lowest BCUT2D eigenvalue weighted by atomic mass is 9.85. The van der Waals surface area contributed by atoms with Crippen molar-refractivity contribution in [2.75, 3.05) is 45.8 Å². The van der Waals surface area contributed by atoms with Gasteiger partial charge in [-0.15, -0.1) is 0 Å². The first-order chi connectivity index (χ1) is 11.3. The predicted octanol–water partition coefficient (Wildman–Crippen LogP) is 2.00. The Balaban J connectivity index is 1.17. The summed E-state index contributed by atoms with van der Waals surface area (Å²) < 4.78 is 6.36. The Hall–Kier alpha value is -0.160. The van der Waals surface area contributed by atoms with Crippen molar-refractivity contribution in [2.45, 2.75) is 63.6 Å². The Morgan fingerprint density at radius 2 is 1.65 bits per heavy atom. The van der Waals surface area contributed by atoms with Gasteiger partial charge in [-0.25, -0.2) is 0 Å². The molecule has 0 bridgehead atoms. The topological polar surface area (TPSA) is 36.5 Å². The highest BCUT2D eigenvalue weighted by atomic mass is 16.5. The largest absolute Gasteiger partial charge is 0.375 e. The molecule has 0 aromatic rings. The lowest BCUT2D eigenvalue weighted by Gasteiger charge is -2.34. The van der Waals surface area contributed by atoms with Crippen molar-refractivity contribution in [1.82, 2.24) is 15.5 Å². The van der Waals surface area contributed by atoms with Gasteiger partial charge in [0, 0.05) is 19.6 Å². The Morgan fingerprint density at radius 3 is 2.39 bits per heavy atom. The highest BCUT2D eigenvalue weighted by Crippen LogP contribution is 2.37. The summed E-state index contributed by atoms with van der Waals surface area (Å²) in [5.74, 6) is 0.924. The molecule has 132 valence electrons. The maximum Gasteiger partial charge on any atom is 0.0603 e. The van der Waals surface area contributed by atoms with Crippen molar-refractivity contribution < 1.29 is 4.74 Å². The van der Waals surface area contributed by atoms with Crippen molar-refractivity contribution >= 4 is 0 Å². The fourth-order valence-corrected chi connectivity index (χ4v) is 5.35. The maximum absolute atomic E-state index is 6.36. The van der Waals surface area contributed by atoms with E-state index in [-0.39, 0.29) is 0 Å². The van der Waals surface area contributed by atoms with E-state index in [0.29, 0.717) is 17.6 Å². The van der Waals surface area contributed by atoms with Crippen LogP contribution in [0.4, 0.5) is 0 Å². The monoisotopic (exact) mass is 321 g/mol. The van der Waals surface area contributed by atoms with Gasteiger partial charge in [-0.3, -0.25) is 0 Å². The maximum atomic E-state index is 6.36. The van der Waals surface area contributed by atoms with Crippen molar-refractivity contribution in [2.24, 2.45) is 11.3 Å². The minimum Gasteiger partial charge on any atom is -0.375 e. The highest BCUT2D eigenvalue weighted by molar-refractivity contribution is 4.96. The smallest absolute Gasteiger partial charge is 0.0603 e. The van der Waals surface area contributed by atoms with Crippen LogP contribution in [0.5, 0.6) is 0 Å². The molecular weight excluding hydrogens is 286 g/mol. The van der Waals surface area contributed by atoms with E-state index < -0.39 is 0 Å². The molecular formula is C19H35N3O. The van der Waals surface area contributed by atoms with Gasteiger partial charge in [0.1, 0.15) is 0 Å². The Kier molecular flexibility index (Phi) is 5.24. The van der Waals surface area contributed by atoms with Crippen molar-refractivity contribution in [3.8, 4) is 0 Å². The van der Waals surface area contributed by atoms with Gasteiger partial charge < -0.3 is 20.3 Å². The van der Waals surface area contributed by atoms with Crippen LogP contribution in [0, 0.1) is 11.3 Å². The number of nitrogens with zero attached hydrogens (tertiary/aromatic N) is 1. The fourth-order valence-electron chi connectivity index (χ4n) is 5.35. The van der Waals surface area contributed by atoms with Crippen LogP contribution >= 0.6 is 0 Å². The molecule has 0 aromatic carbocycles. The van der Waals surface area contributed by atoms with Gasteiger partial charge in [-0.1, -0.05) is 0 Å². The Bertz CT molecular complexity index is 369. The normalized spacial score (nSPS) is 40.2. The first-order valence-corrected chi connectivity index (χ1v) is 10.1. The number of hydrogen-bond donors (Lipinski definition) is 2. The van der Waals surface area contributed by atoms with Gasteiger partial charge in [0.05, 0.1) is 12.2 Å². The second-order valence-corrected chi connectivity index (χ2v) is 8.64. The van der Waals surface area contributed by atoms with E-state index in [4.69, 9.17) is 4.74 Å². The van der Waals surface area contributed by atoms with Gasteiger partial charge >= 0.3 is 0 Å². The van der Waals surface area contributed by atoms with Crippen LogP contribution in [-0.4, -0.2) is 62.9 Å². The van der Waals surface area contributed by atoms with Gasteiger partial charge in [0.2, 0.25) is 0 Å². The first kappa shape index (κ1) is 16.3. The molecule has 23 heavy (non-hydrogen) atoms. The van der Waals surface area contributed by atoms with Gasteiger partial charge in [-0.05, 0) is 88.9 Å². The number of rotatable bonds is 4. The highest BCUT2D eigenvalue weighted by Gasteiger charge is 2.40.